The molecule has 2 rings (SSSR count). The Morgan fingerprint density at radius 3 is 2.13 bits per heavy atom. The first-order valence-electron chi connectivity index (χ1n) is 6.61. The molecule has 0 heterocycles. The fourth-order valence-electron chi connectivity index (χ4n) is 1.73. The van der Waals surface area contributed by atoms with E-state index in [1.807, 2.05) is 19.1 Å². The Labute approximate surface area is 149 Å². The molecule has 2 aromatic carbocycles. The third kappa shape index (κ3) is 5.02. The summed E-state index contributed by atoms with van der Waals surface area (Å²) in [6.07, 6.45) is 0. The lowest BCUT2D eigenvalue weighted by atomic mass is 10.2. The number of halogens is 2. The molecule has 23 heavy (non-hydrogen) atoms. The molecule has 0 fully saturated rings. The van der Waals surface area contributed by atoms with Crippen LogP contribution in [0.3, 0.4) is 0 Å². The van der Waals surface area contributed by atoms with Gasteiger partial charge in [-0.3, -0.25) is 10.9 Å². The largest absolute Gasteiger partial charge is 0.331 e. The van der Waals surface area contributed by atoms with Crippen molar-refractivity contribution in [2.75, 3.05) is 10.6 Å². The van der Waals surface area contributed by atoms with Crippen molar-refractivity contribution >= 4 is 57.6 Å². The summed E-state index contributed by atoms with van der Waals surface area (Å²) >= 11 is 16.3. The number of nitrogens with one attached hydrogen (secondary N) is 4. The van der Waals surface area contributed by atoms with E-state index in [0.29, 0.717) is 10.1 Å². The highest BCUT2D eigenvalue weighted by molar-refractivity contribution is 7.81. The van der Waals surface area contributed by atoms with E-state index in [0.717, 1.165) is 11.3 Å². The molecule has 0 amide bonds. The van der Waals surface area contributed by atoms with Crippen LogP contribution >= 0.6 is 36.0 Å². The van der Waals surface area contributed by atoms with E-state index in [1.165, 1.54) is 6.07 Å². The van der Waals surface area contributed by atoms with Crippen molar-refractivity contribution in [1.82, 2.24) is 10.9 Å². The van der Waals surface area contributed by atoms with Crippen molar-refractivity contribution in [3.8, 4) is 0 Å². The van der Waals surface area contributed by atoms with E-state index >= 15 is 0 Å². The Hall–Kier alpha value is -1.96. The molecule has 0 atom stereocenters. The monoisotopic (exact) mass is 368 g/mol. The predicted molar refractivity (Wildman–Crippen MR) is 101 cm³/mol. The van der Waals surface area contributed by atoms with E-state index < -0.39 is 5.82 Å². The van der Waals surface area contributed by atoms with Gasteiger partial charge in [0, 0.05) is 10.7 Å². The Balaban J connectivity index is 1.86. The average molecular weight is 369 g/mol. The molecule has 2 aromatic rings. The molecule has 0 saturated heterocycles. The number of hydrazine groups is 1. The molecule has 0 unspecified atom stereocenters. The minimum absolute atomic E-state index is 0.182. The summed E-state index contributed by atoms with van der Waals surface area (Å²) in [5.41, 5.74) is 7.33. The predicted octanol–water partition coefficient (Wildman–Crippen LogP) is 3.98. The SMILES string of the molecule is Cc1c(Cl)cccc1NC(=S)NNC(=S)Nc1ccccc1F. The maximum absolute atomic E-state index is 13.5. The number of thiocarbonyl (C=S) groups is 2. The van der Waals surface area contributed by atoms with Gasteiger partial charge < -0.3 is 10.6 Å². The first-order chi connectivity index (χ1) is 11.0. The maximum atomic E-state index is 13.5. The van der Waals surface area contributed by atoms with Crippen molar-refractivity contribution in [3.05, 3.63) is 58.9 Å². The van der Waals surface area contributed by atoms with Crippen LogP contribution in [0.5, 0.6) is 0 Å². The van der Waals surface area contributed by atoms with Gasteiger partial charge >= 0.3 is 0 Å². The Kier molecular flexibility index (Phi) is 6.09. The summed E-state index contributed by atoms with van der Waals surface area (Å²) in [6.45, 7) is 1.88. The molecule has 0 aliphatic rings. The zero-order valence-electron chi connectivity index (χ0n) is 12.1. The third-order valence-electron chi connectivity index (χ3n) is 2.93. The van der Waals surface area contributed by atoms with Gasteiger partial charge in [-0.1, -0.05) is 29.8 Å². The van der Waals surface area contributed by atoms with Gasteiger partial charge in [0.25, 0.3) is 0 Å². The fourth-order valence-corrected chi connectivity index (χ4v) is 2.22. The van der Waals surface area contributed by atoms with E-state index in [1.54, 1.807) is 24.3 Å². The molecule has 0 bridgehead atoms. The lowest BCUT2D eigenvalue weighted by Gasteiger charge is -2.15. The number of rotatable bonds is 2. The van der Waals surface area contributed by atoms with Gasteiger partial charge in [0.2, 0.25) is 0 Å². The Bertz CT molecular complexity index is 739. The van der Waals surface area contributed by atoms with Crippen LogP contribution in [0.25, 0.3) is 0 Å². The van der Waals surface area contributed by atoms with Crippen LogP contribution < -0.4 is 21.5 Å². The van der Waals surface area contributed by atoms with E-state index in [2.05, 4.69) is 21.5 Å². The molecule has 0 radical (unpaired) electrons. The summed E-state index contributed by atoms with van der Waals surface area (Å²) in [7, 11) is 0. The maximum Gasteiger partial charge on any atom is 0.189 e. The first-order valence-corrected chi connectivity index (χ1v) is 7.80. The standard InChI is InChI=1S/C15H14ClFN4S2/c1-9-10(16)5-4-8-12(9)18-14(22)20-21-15(23)19-13-7-3-2-6-11(13)17/h2-8H,1H3,(H2,18,20,22)(H2,19,21,23). The number of hydrogen-bond acceptors (Lipinski definition) is 2. The van der Waals surface area contributed by atoms with Crippen LogP contribution in [0.15, 0.2) is 42.5 Å². The Morgan fingerprint density at radius 2 is 1.48 bits per heavy atom. The molecule has 0 aliphatic carbocycles. The second kappa shape index (κ2) is 8.05. The van der Waals surface area contributed by atoms with Crippen molar-refractivity contribution in [2.45, 2.75) is 6.92 Å². The molecule has 4 nitrogen and oxygen atoms in total. The smallest absolute Gasteiger partial charge is 0.189 e. The number of anilines is 2. The Morgan fingerprint density at radius 1 is 0.913 bits per heavy atom. The number of para-hydroxylation sites is 1. The van der Waals surface area contributed by atoms with Gasteiger partial charge in [0.1, 0.15) is 5.82 Å². The van der Waals surface area contributed by atoms with Gasteiger partial charge in [0.15, 0.2) is 10.2 Å². The summed E-state index contributed by atoms with van der Waals surface area (Å²) in [5.74, 6) is -0.396. The third-order valence-corrected chi connectivity index (χ3v) is 3.75. The summed E-state index contributed by atoms with van der Waals surface area (Å²) in [6, 6.07) is 11.7. The lowest BCUT2D eigenvalue weighted by Crippen LogP contribution is -2.45. The average Bonchev–Trinajstić information content (AvgIpc) is 2.52. The van der Waals surface area contributed by atoms with Gasteiger partial charge in [-0.2, -0.15) is 0 Å². The zero-order valence-corrected chi connectivity index (χ0v) is 14.5. The van der Waals surface area contributed by atoms with Gasteiger partial charge in [-0.05, 0) is 61.2 Å². The zero-order chi connectivity index (χ0) is 16.8. The van der Waals surface area contributed by atoms with Crippen LogP contribution in [-0.2, 0) is 0 Å². The second-order valence-corrected chi connectivity index (χ2v) is 5.77. The minimum Gasteiger partial charge on any atom is -0.331 e. The molecule has 8 heteroatoms. The highest BCUT2D eigenvalue weighted by Gasteiger charge is 2.05. The molecule has 0 aliphatic heterocycles. The number of hydrogen-bond donors (Lipinski definition) is 4. The van der Waals surface area contributed by atoms with Crippen molar-refractivity contribution < 1.29 is 4.39 Å². The molecule has 0 saturated carbocycles. The van der Waals surface area contributed by atoms with Crippen LogP contribution in [0.4, 0.5) is 15.8 Å². The topological polar surface area (TPSA) is 48.1 Å². The quantitative estimate of drug-likeness (QED) is 0.475. The van der Waals surface area contributed by atoms with Gasteiger partial charge in [-0.25, -0.2) is 4.39 Å². The second-order valence-electron chi connectivity index (χ2n) is 4.55. The summed E-state index contributed by atoms with van der Waals surface area (Å²) in [5, 5.41) is 6.84. The molecular formula is C15H14ClFN4S2. The minimum atomic E-state index is -0.396. The molecular weight excluding hydrogens is 355 g/mol. The summed E-state index contributed by atoms with van der Waals surface area (Å²) in [4.78, 5) is 0. The highest BCUT2D eigenvalue weighted by atomic mass is 35.5. The number of benzene rings is 2. The van der Waals surface area contributed by atoms with E-state index in [-0.39, 0.29) is 10.8 Å². The fraction of sp³-hybridized carbons (Fsp3) is 0.0667. The van der Waals surface area contributed by atoms with Crippen molar-refractivity contribution in [3.63, 3.8) is 0 Å². The highest BCUT2D eigenvalue weighted by Crippen LogP contribution is 2.22. The van der Waals surface area contributed by atoms with E-state index in [4.69, 9.17) is 36.0 Å². The first kappa shape index (κ1) is 17.4. The van der Waals surface area contributed by atoms with Crippen molar-refractivity contribution in [1.29, 1.82) is 0 Å². The lowest BCUT2D eigenvalue weighted by molar-refractivity contribution is 0.632. The van der Waals surface area contributed by atoms with Gasteiger partial charge in [0.05, 0.1) is 5.69 Å². The van der Waals surface area contributed by atoms with Crippen LogP contribution in [0, 0.1) is 12.7 Å². The molecule has 0 aromatic heterocycles. The summed E-state index contributed by atoms with van der Waals surface area (Å²) < 4.78 is 13.5. The van der Waals surface area contributed by atoms with Crippen LogP contribution in [0.2, 0.25) is 5.02 Å². The molecule has 120 valence electrons. The molecule has 0 spiro atoms. The molecule has 4 N–H and O–H groups in total. The van der Waals surface area contributed by atoms with E-state index in [9.17, 15) is 4.39 Å². The normalized spacial score (nSPS) is 9.87. The van der Waals surface area contributed by atoms with Crippen LogP contribution in [-0.4, -0.2) is 10.2 Å². The van der Waals surface area contributed by atoms with Crippen LogP contribution in [0.1, 0.15) is 5.56 Å². The van der Waals surface area contributed by atoms with Crippen molar-refractivity contribution in [2.24, 2.45) is 0 Å². The van der Waals surface area contributed by atoms with Gasteiger partial charge in [-0.15, -0.1) is 0 Å².